The minimum absolute atomic E-state index is 0.0659. The third-order valence-corrected chi connectivity index (χ3v) is 4.75. The van der Waals surface area contributed by atoms with E-state index < -0.39 is 39.9 Å². The Bertz CT molecular complexity index is 851. The molecule has 0 heterocycles. The average molecular weight is 384 g/mol. The van der Waals surface area contributed by atoms with E-state index in [1.807, 2.05) is 6.92 Å². The molecule has 0 radical (unpaired) electrons. The van der Waals surface area contributed by atoms with Gasteiger partial charge in [-0.25, -0.2) is 21.9 Å². The fourth-order valence-corrected chi connectivity index (χ4v) is 3.11. The highest BCUT2D eigenvalue weighted by Gasteiger charge is 2.14. The quantitative estimate of drug-likeness (QED) is 0.733. The molecule has 0 aliphatic heterocycles. The average Bonchev–Trinajstić information content (AvgIpc) is 2.62. The number of benzene rings is 2. The van der Waals surface area contributed by atoms with Gasteiger partial charge in [-0.15, -0.1) is 0 Å². The van der Waals surface area contributed by atoms with Crippen molar-refractivity contribution in [2.75, 3.05) is 18.5 Å². The molecule has 0 bridgehead atoms. The smallest absolute Gasteiger partial charge is 0.262 e. The molecule has 1 amide bonds. The molecule has 0 atom stereocenters. The monoisotopic (exact) mass is 384 g/mol. The van der Waals surface area contributed by atoms with Gasteiger partial charge in [-0.3, -0.25) is 4.79 Å². The first kappa shape index (κ1) is 19.8. The summed E-state index contributed by atoms with van der Waals surface area (Å²) in [5, 5.41) is 2.09. The van der Waals surface area contributed by atoms with E-state index in [4.69, 9.17) is 4.74 Å². The van der Waals surface area contributed by atoms with Crippen LogP contribution in [0.15, 0.2) is 47.4 Å². The van der Waals surface area contributed by atoms with Crippen LogP contribution in [0.25, 0.3) is 0 Å². The van der Waals surface area contributed by atoms with Crippen LogP contribution in [0.2, 0.25) is 0 Å². The molecule has 140 valence electrons. The van der Waals surface area contributed by atoms with Gasteiger partial charge in [0.05, 0.1) is 4.90 Å². The number of halogens is 2. The van der Waals surface area contributed by atoms with Crippen LogP contribution in [-0.4, -0.2) is 27.5 Å². The number of hydrogen-bond donors (Lipinski definition) is 2. The second-order valence-corrected chi connectivity index (χ2v) is 7.07. The van der Waals surface area contributed by atoms with Crippen molar-refractivity contribution in [3.8, 4) is 5.75 Å². The summed E-state index contributed by atoms with van der Waals surface area (Å²) in [5.74, 6) is -2.31. The summed E-state index contributed by atoms with van der Waals surface area (Å²) in [5.41, 5.74) is -0.551. The van der Waals surface area contributed by atoms with Gasteiger partial charge in [0.1, 0.15) is 23.1 Å². The van der Waals surface area contributed by atoms with Gasteiger partial charge in [-0.2, -0.15) is 0 Å². The third kappa shape index (κ3) is 5.24. The van der Waals surface area contributed by atoms with Gasteiger partial charge in [0.15, 0.2) is 6.61 Å². The molecule has 2 rings (SSSR count). The number of sulfonamides is 1. The lowest BCUT2D eigenvalue weighted by Gasteiger charge is -2.10. The van der Waals surface area contributed by atoms with E-state index in [-0.39, 0.29) is 10.6 Å². The zero-order chi connectivity index (χ0) is 19.2. The first-order valence-electron chi connectivity index (χ1n) is 7.80. The predicted octanol–water partition coefficient (Wildman–Crippen LogP) is 2.67. The molecule has 0 saturated carbocycles. The molecule has 2 N–H and O–H groups in total. The normalized spacial score (nSPS) is 11.2. The SMILES string of the molecule is CCCNS(=O)(=O)c1ccc(OCC(=O)Nc2c(F)cccc2F)cc1. The van der Waals surface area contributed by atoms with Crippen molar-refractivity contribution in [1.29, 1.82) is 0 Å². The summed E-state index contributed by atoms with van der Waals surface area (Å²) < 4.78 is 58.4. The number of ether oxygens (including phenoxy) is 1. The van der Waals surface area contributed by atoms with Crippen molar-refractivity contribution < 1.29 is 26.7 Å². The van der Waals surface area contributed by atoms with Gasteiger partial charge < -0.3 is 10.1 Å². The summed E-state index contributed by atoms with van der Waals surface area (Å²) in [6.07, 6.45) is 0.665. The van der Waals surface area contributed by atoms with Crippen molar-refractivity contribution in [3.05, 3.63) is 54.1 Å². The maximum atomic E-state index is 13.5. The molecule has 6 nitrogen and oxygen atoms in total. The summed E-state index contributed by atoms with van der Waals surface area (Å²) in [6, 6.07) is 8.66. The fraction of sp³-hybridized carbons (Fsp3) is 0.235. The van der Waals surface area contributed by atoms with Crippen LogP contribution in [0.3, 0.4) is 0 Å². The Kier molecular flexibility index (Phi) is 6.64. The van der Waals surface area contributed by atoms with Crippen molar-refractivity contribution >= 4 is 21.6 Å². The minimum atomic E-state index is -3.59. The molecule has 0 aliphatic carbocycles. The van der Waals surface area contributed by atoms with Crippen LogP contribution in [0.4, 0.5) is 14.5 Å². The first-order chi connectivity index (χ1) is 12.3. The molecule has 2 aromatic rings. The van der Waals surface area contributed by atoms with Crippen LogP contribution < -0.4 is 14.8 Å². The van der Waals surface area contributed by atoms with E-state index in [0.717, 1.165) is 12.1 Å². The van der Waals surface area contributed by atoms with Crippen LogP contribution in [0, 0.1) is 11.6 Å². The van der Waals surface area contributed by atoms with Crippen LogP contribution >= 0.6 is 0 Å². The molecule has 0 aliphatic rings. The summed E-state index contributed by atoms with van der Waals surface area (Å²) in [7, 11) is -3.59. The number of para-hydroxylation sites is 1. The number of rotatable bonds is 8. The summed E-state index contributed by atoms with van der Waals surface area (Å²) in [6.45, 7) is 1.68. The molecule has 9 heteroatoms. The van der Waals surface area contributed by atoms with Gasteiger partial charge in [-0.1, -0.05) is 13.0 Å². The zero-order valence-corrected chi connectivity index (χ0v) is 14.8. The maximum Gasteiger partial charge on any atom is 0.262 e. The van der Waals surface area contributed by atoms with E-state index in [1.165, 1.54) is 30.3 Å². The number of nitrogens with one attached hydrogen (secondary N) is 2. The number of carbonyl (C=O) groups is 1. The van der Waals surface area contributed by atoms with E-state index in [9.17, 15) is 22.0 Å². The zero-order valence-electron chi connectivity index (χ0n) is 14.0. The van der Waals surface area contributed by atoms with Crippen LogP contribution in [0.1, 0.15) is 13.3 Å². The van der Waals surface area contributed by atoms with E-state index in [2.05, 4.69) is 10.0 Å². The van der Waals surface area contributed by atoms with Crippen LogP contribution in [-0.2, 0) is 14.8 Å². The highest BCUT2D eigenvalue weighted by molar-refractivity contribution is 7.89. The molecular weight excluding hydrogens is 366 g/mol. The van der Waals surface area contributed by atoms with Gasteiger partial charge in [0.25, 0.3) is 5.91 Å². The third-order valence-electron chi connectivity index (χ3n) is 3.27. The van der Waals surface area contributed by atoms with Crippen molar-refractivity contribution in [3.63, 3.8) is 0 Å². The van der Waals surface area contributed by atoms with Crippen molar-refractivity contribution in [2.24, 2.45) is 0 Å². The lowest BCUT2D eigenvalue weighted by atomic mass is 10.3. The Morgan fingerprint density at radius 1 is 1.08 bits per heavy atom. The van der Waals surface area contributed by atoms with Gasteiger partial charge in [0.2, 0.25) is 10.0 Å². The molecule has 2 aromatic carbocycles. The Hall–Kier alpha value is -2.52. The second-order valence-electron chi connectivity index (χ2n) is 5.30. The Balaban J connectivity index is 1.94. The highest BCUT2D eigenvalue weighted by Crippen LogP contribution is 2.19. The lowest BCUT2D eigenvalue weighted by molar-refractivity contribution is -0.118. The van der Waals surface area contributed by atoms with Crippen molar-refractivity contribution in [1.82, 2.24) is 4.72 Å². The second kappa shape index (κ2) is 8.72. The highest BCUT2D eigenvalue weighted by atomic mass is 32.2. The molecule has 0 spiro atoms. The molecule has 0 unspecified atom stereocenters. The minimum Gasteiger partial charge on any atom is -0.484 e. The number of hydrogen-bond acceptors (Lipinski definition) is 4. The Morgan fingerprint density at radius 2 is 1.69 bits per heavy atom. The largest absolute Gasteiger partial charge is 0.484 e. The molecular formula is C17H18F2N2O4S. The standard InChI is InChI=1S/C17H18F2N2O4S/c1-2-10-20-26(23,24)13-8-6-12(7-9-13)25-11-16(22)21-17-14(18)4-3-5-15(17)19/h3-9,20H,2,10-11H2,1H3,(H,21,22). The number of carbonyl (C=O) groups excluding carboxylic acids is 1. The van der Waals surface area contributed by atoms with E-state index in [1.54, 1.807) is 0 Å². The predicted molar refractivity (Wildman–Crippen MR) is 92.4 cm³/mol. The lowest BCUT2D eigenvalue weighted by Crippen LogP contribution is -2.24. The van der Waals surface area contributed by atoms with Gasteiger partial charge >= 0.3 is 0 Å². The van der Waals surface area contributed by atoms with Crippen LogP contribution in [0.5, 0.6) is 5.75 Å². The number of amides is 1. The maximum absolute atomic E-state index is 13.5. The van der Waals surface area contributed by atoms with Gasteiger partial charge in [0, 0.05) is 6.54 Å². The Morgan fingerprint density at radius 3 is 2.27 bits per heavy atom. The Labute approximate surface area is 150 Å². The summed E-state index contributed by atoms with van der Waals surface area (Å²) in [4.78, 5) is 11.8. The van der Waals surface area contributed by atoms with Gasteiger partial charge in [-0.05, 0) is 42.8 Å². The molecule has 0 fully saturated rings. The first-order valence-corrected chi connectivity index (χ1v) is 9.28. The van der Waals surface area contributed by atoms with E-state index in [0.29, 0.717) is 13.0 Å². The number of anilines is 1. The molecule has 26 heavy (non-hydrogen) atoms. The topological polar surface area (TPSA) is 84.5 Å². The fourth-order valence-electron chi connectivity index (χ4n) is 1.98. The molecule has 0 aromatic heterocycles. The summed E-state index contributed by atoms with van der Waals surface area (Å²) >= 11 is 0. The van der Waals surface area contributed by atoms with E-state index >= 15 is 0 Å². The molecule has 0 saturated heterocycles. The van der Waals surface area contributed by atoms with Crippen molar-refractivity contribution in [2.45, 2.75) is 18.2 Å².